The first-order chi connectivity index (χ1) is 7.20. The van der Waals surface area contributed by atoms with E-state index < -0.39 is 0 Å². The monoisotopic (exact) mass is 243 g/mol. The molecule has 0 aliphatic rings. The van der Waals surface area contributed by atoms with Gasteiger partial charge in [-0.3, -0.25) is 0 Å². The average molecular weight is 244 g/mol. The van der Waals surface area contributed by atoms with Crippen molar-refractivity contribution >= 4 is 23.2 Å². The lowest BCUT2D eigenvalue weighted by Crippen LogP contribution is -1.97. The first-order valence-electron chi connectivity index (χ1n) is 4.19. The van der Waals surface area contributed by atoms with Crippen LogP contribution < -0.4 is 5.73 Å². The Balaban J connectivity index is 2.40. The van der Waals surface area contributed by atoms with Gasteiger partial charge in [0.2, 0.25) is 0 Å². The summed E-state index contributed by atoms with van der Waals surface area (Å²) in [7, 11) is 0. The van der Waals surface area contributed by atoms with Crippen molar-refractivity contribution < 1.29 is 4.52 Å². The quantitative estimate of drug-likeness (QED) is 0.881. The van der Waals surface area contributed by atoms with Gasteiger partial charge in [-0.2, -0.15) is 4.98 Å². The maximum Gasteiger partial charge on any atom is 0.258 e. The molecule has 0 saturated carbocycles. The predicted octanol–water partition coefficient (Wildman–Crippen LogP) is 2.50. The van der Waals surface area contributed by atoms with Crippen LogP contribution in [0.2, 0.25) is 10.0 Å². The zero-order chi connectivity index (χ0) is 10.8. The zero-order valence-corrected chi connectivity index (χ0v) is 9.09. The highest BCUT2D eigenvalue weighted by molar-refractivity contribution is 6.42. The lowest BCUT2D eigenvalue weighted by Gasteiger charge is -1.97. The molecule has 0 aliphatic heterocycles. The predicted molar refractivity (Wildman–Crippen MR) is 57.6 cm³/mol. The van der Waals surface area contributed by atoms with Gasteiger partial charge in [0.25, 0.3) is 5.89 Å². The van der Waals surface area contributed by atoms with Crippen molar-refractivity contribution in [1.82, 2.24) is 10.1 Å². The SMILES string of the molecule is NCc1noc(-c2ccc(Cl)c(Cl)c2)n1. The minimum atomic E-state index is 0.241. The number of rotatable bonds is 2. The minimum Gasteiger partial charge on any atom is -0.334 e. The normalized spacial score (nSPS) is 10.6. The fourth-order valence-electron chi connectivity index (χ4n) is 1.08. The molecular formula is C9H7Cl2N3O. The molecule has 0 amide bonds. The van der Waals surface area contributed by atoms with Gasteiger partial charge in [0, 0.05) is 5.56 Å². The Labute approximate surface area is 96.0 Å². The van der Waals surface area contributed by atoms with Crippen molar-refractivity contribution in [3.63, 3.8) is 0 Å². The molecule has 0 radical (unpaired) electrons. The second-order valence-corrected chi connectivity index (χ2v) is 3.66. The molecule has 4 nitrogen and oxygen atoms in total. The second kappa shape index (κ2) is 4.18. The number of hydrogen-bond acceptors (Lipinski definition) is 4. The number of benzene rings is 1. The molecule has 0 aliphatic carbocycles. The van der Waals surface area contributed by atoms with E-state index in [1.807, 2.05) is 0 Å². The Morgan fingerprint density at radius 2 is 2.07 bits per heavy atom. The lowest BCUT2D eigenvalue weighted by molar-refractivity contribution is 0.423. The average Bonchev–Trinajstić information content (AvgIpc) is 2.70. The molecule has 1 aromatic carbocycles. The van der Waals surface area contributed by atoms with Gasteiger partial charge in [0.1, 0.15) is 0 Å². The van der Waals surface area contributed by atoms with Crippen LogP contribution in [0.5, 0.6) is 0 Å². The molecule has 6 heteroatoms. The molecule has 0 unspecified atom stereocenters. The maximum absolute atomic E-state index is 5.86. The summed E-state index contributed by atoms with van der Waals surface area (Å²) in [5.41, 5.74) is 6.08. The van der Waals surface area contributed by atoms with Gasteiger partial charge < -0.3 is 10.3 Å². The van der Waals surface area contributed by atoms with E-state index in [2.05, 4.69) is 10.1 Å². The van der Waals surface area contributed by atoms with Crippen LogP contribution in [0.15, 0.2) is 22.7 Å². The van der Waals surface area contributed by atoms with Crippen LogP contribution in [-0.4, -0.2) is 10.1 Å². The summed E-state index contributed by atoms with van der Waals surface area (Å²) in [5, 5.41) is 4.61. The molecule has 0 bridgehead atoms. The van der Waals surface area contributed by atoms with Crippen molar-refractivity contribution in [2.75, 3.05) is 0 Å². The Morgan fingerprint density at radius 1 is 1.27 bits per heavy atom. The molecule has 0 fully saturated rings. The summed E-state index contributed by atoms with van der Waals surface area (Å²) >= 11 is 11.6. The Morgan fingerprint density at radius 3 is 2.67 bits per heavy atom. The first kappa shape index (κ1) is 10.4. The third-order valence-corrected chi connectivity index (χ3v) is 2.56. The van der Waals surface area contributed by atoms with Crippen LogP contribution in [0.1, 0.15) is 5.82 Å². The van der Waals surface area contributed by atoms with E-state index in [4.69, 9.17) is 33.5 Å². The third kappa shape index (κ3) is 2.12. The van der Waals surface area contributed by atoms with E-state index in [0.29, 0.717) is 21.8 Å². The molecule has 0 spiro atoms. The van der Waals surface area contributed by atoms with Crippen molar-refractivity contribution in [3.8, 4) is 11.5 Å². The highest BCUT2D eigenvalue weighted by Gasteiger charge is 2.09. The largest absolute Gasteiger partial charge is 0.334 e. The Hall–Kier alpha value is -1.10. The summed E-state index contributed by atoms with van der Waals surface area (Å²) in [5.74, 6) is 0.838. The van der Waals surface area contributed by atoms with Gasteiger partial charge in [-0.25, -0.2) is 0 Å². The van der Waals surface area contributed by atoms with Crippen molar-refractivity contribution in [2.45, 2.75) is 6.54 Å². The fraction of sp³-hybridized carbons (Fsp3) is 0.111. The van der Waals surface area contributed by atoms with Crippen LogP contribution in [0.25, 0.3) is 11.5 Å². The van der Waals surface area contributed by atoms with Crippen molar-refractivity contribution in [3.05, 3.63) is 34.1 Å². The highest BCUT2D eigenvalue weighted by Crippen LogP contribution is 2.27. The number of nitrogens with zero attached hydrogens (tertiary/aromatic N) is 2. The van der Waals surface area contributed by atoms with Gasteiger partial charge in [-0.15, -0.1) is 0 Å². The Kier molecular flexibility index (Phi) is 2.90. The number of hydrogen-bond donors (Lipinski definition) is 1. The lowest BCUT2D eigenvalue weighted by atomic mass is 10.2. The number of nitrogens with two attached hydrogens (primary N) is 1. The van der Waals surface area contributed by atoms with Gasteiger partial charge in [-0.05, 0) is 18.2 Å². The van der Waals surface area contributed by atoms with Crippen molar-refractivity contribution in [1.29, 1.82) is 0 Å². The summed E-state index contributed by atoms with van der Waals surface area (Å²) < 4.78 is 4.99. The third-order valence-electron chi connectivity index (χ3n) is 1.82. The molecule has 1 heterocycles. The molecule has 2 aromatic rings. The van der Waals surface area contributed by atoms with Crippen molar-refractivity contribution in [2.24, 2.45) is 5.73 Å². The second-order valence-electron chi connectivity index (χ2n) is 2.85. The molecule has 2 N–H and O–H groups in total. The standard InChI is InChI=1S/C9H7Cl2N3O/c10-6-2-1-5(3-7(6)11)9-13-8(4-12)14-15-9/h1-3H,4,12H2. The summed E-state index contributed by atoms with van der Waals surface area (Å²) in [6, 6.07) is 5.09. The molecule has 1 aromatic heterocycles. The first-order valence-corrected chi connectivity index (χ1v) is 4.94. The van der Waals surface area contributed by atoms with E-state index in [9.17, 15) is 0 Å². The smallest absolute Gasteiger partial charge is 0.258 e. The summed E-state index contributed by atoms with van der Waals surface area (Å²) in [6.45, 7) is 0.241. The van der Waals surface area contributed by atoms with Crippen LogP contribution in [0, 0.1) is 0 Å². The molecule has 0 saturated heterocycles. The van der Waals surface area contributed by atoms with E-state index in [0.717, 1.165) is 5.56 Å². The summed E-state index contributed by atoms with van der Waals surface area (Å²) in [4.78, 5) is 4.07. The van der Waals surface area contributed by atoms with E-state index in [-0.39, 0.29) is 6.54 Å². The fourth-order valence-corrected chi connectivity index (χ4v) is 1.38. The van der Waals surface area contributed by atoms with E-state index in [1.165, 1.54) is 0 Å². The molecular weight excluding hydrogens is 237 g/mol. The molecule has 15 heavy (non-hydrogen) atoms. The topological polar surface area (TPSA) is 64.9 Å². The van der Waals surface area contributed by atoms with Crippen LogP contribution in [-0.2, 0) is 6.54 Å². The van der Waals surface area contributed by atoms with Crippen LogP contribution >= 0.6 is 23.2 Å². The molecule has 0 atom stereocenters. The van der Waals surface area contributed by atoms with E-state index >= 15 is 0 Å². The zero-order valence-electron chi connectivity index (χ0n) is 7.58. The number of halogens is 2. The van der Waals surface area contributed by atoms with Gasteiger partial charge in [-0.1, -0.05) is 28.4 Å². The van der Waals surface area contributed by atoms with Gasteiger partial charge >= 0.3 is 0 Å². The van der Waals surface area contributed by atoms with Gasteiger partial charge in [0.15, 0.2) is 5.82 Å². The maximum atomic E-state index is 5.86. The molecule has 78 valence electrons. The van der Waals surface area contributed by atoms with Gasteiger partial charge in [0.05, 0.1) is 16.6 Å². The summed E-state index contributed by atoms with van der Waals surface area (Å²) in [6.07, 6.45) is 0. The Bertz CT molecular complexity index is 484. The van der Waals surface area contributed by atoms with Crippen LogP contribution in [0.3, 0.4) is 0 Å². The number of aromatic nitrogens is 2. The van der Waals surface area contributed by atoms with E-state index in [1.54, 1.807) is 18.2 Å². The highest BCUT2D eigenvalue weighted by atomic mass is 35.5. The minimum absolute atomic E-state index is 0.241. The van der Waals surface area contributed by atoms with Crippen LogP contribution in [0.4, 0.5) is 0 Å². The molecule has 2 rings (SSSR count).